The van der Waals surface area contributed by atoms with E-state index in [1.807, 2.05) is 45.0 Å². The van der Waals surface area contributed by atoms with Gasteiger partial charge in [0.1, 0.15) is 17.2 Å². The van der Waals surface area contributed by atoms with E-state index in [2.05, 4.69) is 27.0 Å². The number of nitrogens with zero attached hydrogens (tertiary/aromatic N) is 3. The molecule has 4 rings (SSSR count). The number of nitrogens with one attached hydrogen (secondary N) is 3. The molecular weight excluding hydrogens is 528 g/mol. The van der Waals surface area contributed by atoms with E-state index in [4.69, 9.17) is 26.1 Å². The fourth-order valence-corrected chi connectivity index (χ4v) is 5.61. The smallest absolute Gasteiger partial charge is 0.325 e. The Morgan fingerprint density at radius 3 is 2.65 bits per heavy atom. The van der Waals surface area contributed by atoms with Crippen LogP contribution in [0.1, 0.15) is 59.3 Å². The standard InChI is InChI=1S/C30H41ClN6O3/c1-4-40-28(38)29(2,3)37-22-10-8-21(9-11-22)17-33-27-16-23(24(31)18-34-27)25-6-5-7-26(36-25)35-20-30(19-32)12-14-39-15-13-30/h5-7,16,18,21-22,37H,4,8-15,17,20H2,1-3H3,(H,33,34)(H,35,36). The SMILES string of the molecule is CCOC(=O)C(C)(C)NC1CCC(CNc2cc(-c3cccc(NCC4(C#N)CCOCC4)n3)c(Cl)cn2)CC1. The van der Waals surface area contributed by atoms with E-state index >= 15 is 0 Å². The highest BCUT2D eigenvalue weighted by Crippen LogP contribution is 2.32. The summed E-state index contributed by atoms with van der Waals surface area (Å²) >= 11 is 6.54. The molecule has 1 aliphatic carbocycles. The van der Waals surface area contributed by atoms with Gasteiger partial charge in [-0.2, -0.15) is 5.26 Å². The van der Waals surface area contributed by atoms with Gasteiger partial charge >= 0.3 is 5.97 Å². The fraction of sp³-hybridized carbons (Fsp3) is 0.600. The Labute approximate surface area is 242 Å². The summed E-state index contributed by atoms with van der Waals surface area (Å²) in [5.74, 6) is 1.78. The molecule has 3 N–H and O–H groups in total. The van der Waals surface area contributed by atoms with E-state index in [1.165, 1.54) is 0 Å². The summed E-state index contributed by atoms with van der Waals surface area (Å²) in [6, 6.07) is 10.5. The summed E-state index contributed by atoms with van der Waals surface area (Å²) in [5, 5.41) is 20.6. The number of carbonyl (C=O) groups is 1. The first-order valence-electron chi connectivity index (χ1n) is 14.3. The average Bonchev–Trinajstić information content (AvgIpc) is 2.97. The minimum absolute atomic E-state index is 0.204. The number of hydrogen-bond donors (Lipinski definition) is 3. The van der Waals surface area contributed by atoms with Crippen LogP contribution in [0.5, 0.6) is 0 Å². The molecule has 0 aromatic carbocycles. The van der Waals surface area contributed by atoms with Crippen molar-refractivity contribution in [2.45, 2.75) is 70.9 Å². The summed E-state index contributed by atoms with van der Waals surface area (Å²) in [6.07, 6.45) is 7.24. The first-order valence-corrected chi connectivity index (χ1v) is 14.7. The normalized spacial score (nSPS) is 20.8. The van der Waals surface area contributed by atoms with Crippen molar-refractivity contribution in [2.24, 2.45) is 11.3 Å². The lowest BCUT2D eigenvalue weighted by Gasteiger charge is -2.34. The highest BCUT2D eigenvalue weighted by molar-refractivity contribution is 6.33. The number of rotatable bonds is 11. The van der Waals surface area contributed by atoms with Gasteiger partial charge in [-0.15, -0.1) is 0 Å². The maximum Gasteiger partial charge on any atom is 0.325 e. The summed E-state index contributed by atoms with van der Waals surface area (Å²) < 4.78 is 10.6. The molecule has 0 unspecified atom stereocenters. The monoisotopic (exact) mass is 568 g/mol. The van der Waals surface area contributed by atoms with Gasteiger partial charge in [0.05, 0.1) is 28.8 Å². The molecule has 9 nitrogen and oxygen atoms in total. The molecular formula is C30H41ClN6O3. The van der Waals surface area contributed by atoms with Gasteiger partial charge in [0.2, 0.25) is 0 Å². The van der Waals surface area contributed by atoms with Gasteiger partial charge in [-0.1, -0.05) is 17.7 Å². The molecule has 0 atom stereocenters. The third-order valence-corrected chi connectivity index (χ3v) is 8.25. The Kier molecular flexibility index (Phi) is 10.2. The molecule has 40 heavy (non-hydrogen) atoms. The Morgan fingerprint density at radius 1 is 1.20 bits per heavy atom. The predicted molar refractivity (Wildman–Crippen MR) is 157 cm³/mol. The number of anilines is 2. The molecule has 0 spiro atoms. The zero-order chi connectivity index (χ0) is 28.6. The number of pyridine rings is 2. The van der Waals surface area contributed by atoms with Crippen molar-refractivity contribution in [1.82, 2.24) is 15.3 Å². The quantitative estimate of drug-likeness (QED) is 0.304. The van der Waals surface area contributed by atoms with E-state index in [9.17, 15) is 10.1 Å². The summed E-state index contributed by atoms with van der Waals surface area (Å²) in [4.78, 5) is 21.5. The van der Waals surface area contributed by atoms with Crippen LogP contribution in [-0.4, -0.2) is 60.4 Å². The molecule has 2 aliphatic rings. The number of ether oxygens (including phenoxy) is 2. The summed E-state index contributed by atoms with van der Waals surface area (Å²) in [6.45, 7) is 8.55. The minimum Gasteiger partial charge on any atom is -0.465 e. The number of halogens is 1. The molecule has 2 fully saturated rings. The van der Waals surface area contributed by atoms with Crippen molar-refractivity contribution in [3.63, 3.8) is 0 Å². The van der Waals surface area contributed by atoms with Gasteiger partial charge in [-0.3, -0.25) is 10.1 Å². The Morgan fingerprint density at radius 2 is 1.95 bits per heavy atom. The Hall–Kier alpha value is -2.93. The van der Waals surface area contributed by atoms with Gasteiger partial charge in [0.15, 0.2) is 0 Å². The third-order valence-electron chi connectivity index (χ3n) is 7.94. The molecule has 2 aromatic rings. The molecule has 1 aliphatic heterocycles. The first kappa shape index (κ1) is 30.0. The number of esters is 1. The van der Waals surface area contributed by atoms with E-state index in [1.54, 1.807) is 6.20 Å². The van der Waals surface area contributed by atoms with Crippen molar-refractivity contribution in [3.8, 4) is 17.3 Å². The van der Waals surface area contributed by atoms with E-state index in [-0.39, 0.29) is 5.97 Å². The van der Waals surface area contributed by atoms with Crippen molar-refractivity contribution >= 4 is 29.2 Å². The third kappa shape index (κ3) is 7.84. The lowest BCUT2D eigenvalue weighted by molar-refractivity contribution is -0.150. The van der Waals surface area contributed by atoms with Crippen LogP contribution < -0.4 is 16.0 Å². The van der Waals surface area contributed by atoms with Crippen LogP contribution in [0.4, 0.5) is 11.6 Å². The van der Waals surface area contributed by atoms with Crippen LogP contribution >= 0.6 is 11.6 Å². The Bertz CT molecular complexity index is 1190. The molecule has 1 saturated heterocycles. The number of carbonyl (C=O) groups excluding carboxylic acids is 1. The highest BCUT2D eigenvalue weighted by Gasteiger charge is 2.34. The van der Waals surface area contributed by atoms with Gasteiger partial charge in [0, 0.05) is 44.1 Å². The van der Waals surface area contributed by atoms with Crippen LogP contribution in [0.25, 0.3) is 11.3 Å². The molecule has 216 valence electrons. The molecule has 2 aromatic heterocycles. The highest BCUT2D eigenvalue weighted by atomic mass is 35.5. The molecule has 10 heteroatoms. The van der Waals surface area contributed by atoms with Gasteiger partial charge < -0.3 is 20.1 Å². The molecule has 0 radical (unpaired) electrons. The Balaban J connectivity index is 1.31. The second kappa shape index (κ2) is 13.6. The summed E-state index contributed by atoms with van der Waals surface area (Å²) in [5.41, 5.74) is 0.429. The largest absolute Gasteiger partial charge is 0.465 e. The molecule has 3 heterocycles. The maximum absolute atomic E-state index is 12.2. The maximum atomic E-state index is 12.2. The van der Waals surface area contributed by atoms with Gasteiger partial charge in [-0.25, -0.2) is 9.97 Å². The molecule has 0 amide bonds. The zero-order valence-corrected chi connectivity index (χ0v) is 24.5. The van der Waals surface area contributed by atoms with Gasteiger partial charge in [-0.05, 0) is 83.4 Å². The zero-order valence-electron chi connectivity index (χ0n) is 23.8. The lowest BCUT2D eigenvalue weighted by atomic mass is 9.82. The average molecular weight is 569 g/mol. The van der Waals surface area contributed by atoms with Crippen LogP contribution in [-0.2, 0) is 14.3 Å². The van der Waals surface area contributed by atoms with Crippen molar-refractivity contribution < 1.29 is 14.3 Å². The van der Waals surface area contributed by atoms with Crippen LogP contribution in [0.2, 0.25) is 5.02 Å². The number of nitriles is 1. The first-order chi connectivity index (χ1) is 19.2. The lowest BCUT2D eigenvalue weighted by Crippen LogP contribution is -2.53. The number of hydrogen-bond acceptors (Lipinski definition) is 9. The number of aromatic nitrogens is 2. The molecule has 1 saturated carbocycles. The van der Waals surface area contributed by atoms with Crippen molar-refractivity contribution in [2.75, 3.05) is 43.5 Å². The van der Waals surface area contributed by atoms with E-state index in [0.717, 1.165) is 49.3 Å². The van der Waals surface area contributed by atoms with Gasteiger partial charge in [0.25, 0.3) is 0 Å². The van der Waals surface area contributed by atoms with Crippen molar-refractivity contribution in [1.29, 1.82) is 5.26 Å². The van der Waals surface area contributed by atoms with Crippen molar-refractivity contribution in [3.05, 3.63) is 35.5 Å². The van der Waals surface area contributed by atoms with Crippen LogP contribution in [0, 0.1) is 22.7 Å². The fourth-order valence-electron chi connectivity index (χ4n) is 5.41. The second-order valence-corrected chi connectivity index (χ2v) is 11.8. The second-order valence-electron chi connectivity index (χ2n) is 11.4. The van der Waals surface area contributed by atoms with Crippen LogP contribution in [0.3, 0.4) is 0 Å². The minimum atomic E-state index is -0.682. The predicted octanol–water partition coefficient (Wildman–Crippen LogP) is 5.43. The molecule has 0 bridgehead atoms. The van der Waals surface area contributed by atoms with E-state index in [0.29, 0.717) is 62.0 Å². The van der Waals surface area contributed by atoms with Crippen LogP contribution in [0.15, 0.2) is 30.5 Å². The summed E-state index contributed by atoms with van der Waals surface area (Å²) in [7, 11) is 0. The topological polar surface area (TPSA) is 121 Å². The van der Waals surface area contributed by atoms with E-state index < -0.39 is 11.0 Å².